The number of nitrogens with one attached hydrogen (secondary N) is 1. The van der Waals surface area contributed by atoms with Crippen molar-refractivity contribution in [3.05, 3.63) is 23.8 Å². The number of hydrogen-bond acceptors (Lipinski definition) is 5. The van der Waals surface area contributed by atoms with E-state index in [1.54, 1.807) is 0 Å². The molecule has 2 aliphatic heterocycles. The van der Waals surface area contributed by atoms with Crippen LogP contribution in [0, 0.1) is 5.92 Å². The van der Waals surface area contributed by atoms with Gasteiger partial charge in [-0.2, -0.15) is 0 Å². The first-order valence-electron chi connectivity index (χ1n) is 8.11. The lowest BCUT2D eigenvalue weighted by Crippen LogP contribution is -2.33. The first-order valence-corrected chi connectivity index (χ1v) is 8.11. The van der Waals surface area contributed by atoms with E-state index in [1.165, 1.54) is 12.7 Å². The number of benzene rings is 1. The number of ether oxygens (including phenoxy) is 3. The summed E-state index contributed by atoms with van der Waals surface area (Å²) >= 11 is 0. The van der Waals surface area contributed by atoms with Crippen LogP contribution in [0.15, 0.2) is 18.2 Å². The molecule has 0 radical (unpaired) electrons. The molecule has 1 unspecified atom stereocenters. The van der Waals surface area contributed by atoms with Crippen molar-refractivity contribution in [3.8, 4) is 11.5 Å². The first-order chi connectivity index (χ1) is 11.2. The molecule has 23 heavy (non-hydrogen) atoms. The Kier molecular flexibility index (Phi) is 5.35. The van der Waals surface area contributed by atoms with Gasteiger partial charge in [-0.05, 0) is 36.6 Å². The van der Waals surface area contributed by atoms with Gasteiger partial charge in [0.15, 0.2) is 11.5 Å². The maximum atomic E-state index is 11.4. The van der Waals surface area contributed by atoms with E-state index in [-0.39, 0.29) is 12.5 Å². The lowest BCUT2D eigenvalue weighted by atomic mass is 10.1. The minimum Gasteiger partial charge on any atom is -0.486 e. The molecule has 0 aromatic heterocycles. The summed E-state index contributed by atoms with van der Waals surface area (Å²) in [5.74, 6) is 2.14. The fourth-order valence-electron chi connectivity index (χ4n) is 3.11. The quantitative estimate of drug-likeness (QED) is 0.849. The number of fused-ring (bicyclic) bond motifs is 1. The third-order valence-corrected chi connectivity index (χ3v) is 4.25. The molecule has 1 aromatic rings. The maximum Gasteiger partial charge on any atom is 0.245 e. The van der Waals surface area contributed by atoms with Crippen molar-refractivity contribution >= 4 is 5.91 Å². The van der Waals surface area contributed by atoms with Crippen molar-refractivity contribution in [2.75, 3.05) is 46.6 Å². The predicted octanol–water partition coefficient (Wildman–Crippen LogP) is 1.04. The van der Waals surface area contributed by atoms with E-state index < -0.39 is 0 Å². The zero-order valence-electron chi connectivity index (χ0n) is 13.5. The molecule has 1 amide bonds. The van der Waals surface area contributed by atoms with Gasteiger partial charge in [0.2, 0.25) is 5.91 Å². The minimum absolute atomic E-state index is 0.0437. The van der Waals surface area contributed by atoms with Gasteiger partial charge in [0.25, 0.3) is 0 Å². The van der Waals surface area contributed by atoms with Gasteiger partial charge < -0.3 is 19.5 Å². The molecule has 0 saturated carbocycles. The number of amides is 1. The lowest BCUT2D eigenvalue weighted by molar-refractivity contribution is -0.124. The maximum absolute atomic E-state index is 11.4. The second kappa shape index (κ2) is 7.66. The highest BCUT2D eigenvalue weighted by molar-refractivity contribution is 5.77. The van der Waals surface area contributed by atoms with Crippen molar-refractivity contribution in [1.82, 2.24) is 10.2 Å². The van der Waals surface area contributed by atoms with Gasteiger partial charge in [0.05, 0.1) is 0 Å². The Bertz CT molecular complexity index is 549. The summed E-state index contributed by atoms with van der Waals surface area (Å²) in [6.45, 7) is 5.05. The Balaban J connectivity index is 1.47. The molecule has 3 rings (SSSR count). The van der Waals surface area contributed by atoms with Crippen LogP contribution in [0.5, 0.6) is 11.5 Å². The van der Waals surface area contributed by atoms with Crippen molar-refractivity contribution in [2.24, 2.45) is 5.92 Å². The van der Waals surface area contributed by atoms with Crippen molar-refractivity contribution in [1.29, 1.82) is 0 Å². The number of hydrogen-bond donors (Lipinski definition) is 1. The number of carbonyl (C=O) groups excluding carboxylic acids is 1. The van der Waals surface area contributed by atoms with Crippen molar-refractivity contribution in [2.45, 2.75) is 13.0 Å². The van der Waals surface area contributed by atoms with E-state index in [4.69, 9.17) is 14.2 Å². The smallest absolute Gasteiger partial charge is 0.245 e. The van der Waals surface area contributed by atoms with Crippen molar-refractivity contribution in [3.63, 3.8) is 0 Å². The second-order valence-corrected chi connectivity index (χ2v) is 6.10. The molecule has 2 heterocycles. The van der Waals surface area contributed by atoms with Gasteiger partial charge in [-0.15, -0.1) is 0 Å². The topological polar surface area (TPSA) is 60.0 Å². The summed E-state index contributed by atoms with van der Waals surface area (Å²) in [6, 6.07) is 6.16. The number of methoxy groups -OCH3 is 1. The highest BCUT2D eigenvalue weighted by atomic mass is 16.6. The summed E-state index contributed by atoms with van der Waals surface area (Å²) in [5, 5.41) is 2.92. The van der Waals surface area contributed by atoms with Crippen molar-refractivity contribution < 1.29 is 19.0 Å². The fraction of sp³-hybridized carbons (Fsp3) is 0.588. The highest BCUT2D eigenvalue weighted by Crippen LogP contribution is 2.31. The normalized spacial score (nSPS) is 20.5. The van der Waals surface area contributed by atoms with Gasteiger partial charge in [-0.3, -0.25) is 9.69 Å². The molecule has 1 atom stereocenters. The van der Waals surface area contributed by atoms with Gasteiger partial charge in [-0.25, -0.2) is 0 Å². The van der Waals surface area contributed by atoms with Crippen LogP contribution < -0.4 is 14.8 Å². The molecule has 0 aliphatic carbocycles. The first kappa shape index (κ1) is 16.1. The Labute approximate surface area is 136 Å². The molecule has 6 heteroatoms. The molecule has 0 spiro atoms. The van der Waals surface area contributed by atoms with Gasteiger partial charge in [0, 0.05) is 26.7 Å². The van der Waals surface area contributed by atoms with E-state index in [0.717, 1.165) is 44.1 Å². The third-order valence-electron chi connectivity index (χ3n) is 4.25. The molecule has 6 nitrogen and oxygen atoms in total. The predicted molar refractivity (Wildman–Crippen MR) is 85.7 cm³/mol. The van der Waals surface area contributed by atoms with Crippen LogP contribution in [-0.2, 0) is 16.1 Å². The van der Waals surface area contributed by atoms with E-state index in [9.17, 15) is 4.79 Å². The number of nitrogens with zero attached hydrogens (tertiary/aromatic N) is 1. The minimum atomic E-state index is -0.0437. The lowest BCUT2D eigenvalue weighted by Gasteiger charge is -2.21. The van der Waals surface area contributed by atoms with Crippen LogP contribution in [0.4, 0.5) is 0 Å². The zero-order chi connectivity index (χ0) is 16.1. The van der Waals surface area contributed by atoms with Gasteiger partial charge in [0.1, 0.15) is 19.8 Å². The summed E-state index contributed by atoms with van der Waals surface area (Å²) < 4.78 is 16.0. The molecule has 0 bridgehead atoms. The average Bonchev–Trinajstić information content (AvgIpc) is 3.01. The Morgan fingerprint density at radius 1 is 1.35 bits per heavy atom. The number of rotatable bonds is 6. The Morgan fingerprint density at radius 2 is 2.17 bits per heavy atom. The SMILES string of the molecule is COCC(=O)NCC1CCN(Cc2ccc3c(c2)OCCO3)C1. The van der Waals surface area contributed by atoms with Gasteiger partial charge in [-0.1, -0.05) is 6.07 Å². The van der Waals surface area contributed by atoms with Gasteiger partial charge >= 0.3 is 0 Å². The number of likely N-dealkylation sites (tertiary alicyclic amines) is 1. The highest BCUT2D eigenvalue weighted by Gasteiger charge is 2.23. The molecule has 1 saturated heterocycles. The summed E-state index contributed by atoms with van der Waals surface area (Å²) in [6.07, 6.45) is 1.11. The molecular weight excluding hydrogens is 296 g/mol. The van der Waals surface area contributed by atoms with E-state index >= 15 is 0 Å². The van der Waals surface area contributed by atoms with Crippen LogP contribution >= 0.6 is 0 Å². The average molecular weight is 320 g/mol. The summed E-state index contributed by atoms with van der Waals surface area (Å²) in [5.41, 5.74) is 1.23. The Morgan fingerprint density at radius 3 is 3.00 bits per heavy atom. The standard InChI is InChI=1S/C17H24N2O4/c1-21-12-17(20)18-9-14-4-5-19(11-14)10-13-2-3-15-16(8-13)23-7-6-22-15/h2-3,8,14H,4-7,9-12H2,1H3,(H,18,20). The number of carbonyl (C=O) groups is 1. The molecule has 2 aliphatic rings. The van der Waals surface area contributed by atoms with Crippen LogP contribution in [0.3, 0.4) is 0 Å². The van der Waals surface area contributed by atoms with E-state index in [2.05, 4.69) is 22.3 Å². The van der Waals surface area contributed by atoms with Crippen LogP contribution in [0.25, 0.3) is 0 Å². The molecule has 1 aromatic carbocycles. The van der Waals surface area contributed by atoms with E-state index in [0.29, 0.717) is 19.1 Å². The largest absolute Gasteiger partial charge is 0.486 e. The van der Waals surface area contributed by atoms with Crippen LogP contribution in [0.1, 0.15) is 12.0 Å². The van der Waals surface area contributed by atoms with Crippen LogP contribution in [-0.4, -0.2) is 57.4 Å². The molecule has 1 N–H and O–H groups in total. The monoisotopic (exact) mass is 320 g/mol. The third kappa shape index (κ3) is 4.36. The molecule has 1 fully saturated rings. The summed E-state index contributed by atoms with van der Waals surface area (Å²) in [4.78, 5) is 13.8. The fourth-order valence-corrected chi connectivity index (χ4v) is 3.11. The second-order valence-electron chi connectivity index (χ2n) is 6.10. The molecule has 126 valence electrons. The molecular formula is C17H24N2O4. The summed E-state index contributed by atoms with van der Waals surface area (Å²) in [7, 11) is 1.53. The van der Waals surface area contributed by atoms with Crippen LogP contribution in [0.2, 0.25) is 0 Å². The van der Waals surface area contributed by atoms with E-state index in [1.807, 2.05) is 6.07 Å². The zero-order valence-corrected chi connectivity index (χ0v) is 13.5. The Hall–Kier alpha value is -1.79.